The van der Waals surface area contributed by atoms with Gasteiger partial charge in [-0.15, -0.1) is 0 Å². The Morgan fingerprint density at radius 3 is 2.56 bits per heavy atom. The van der Waals surface area contributed by atoms with E-state index in [1.807, 2.05) is 31.2 Å². The fourth-order valence-corrected chi connectivity index (χ4v) is 3.35. The predicted molar refractivity (Wildman–Crippen MR) is 130 cm³/mol. The first kappa shape index (κ1) is 23.4. The Kier molecular flexibility index (Phi) is 8.32. The summed E-state index contributed by atoms with van der Waals surface area (Å²) in [6.45, 7) is 2.67. The van der Waals surface area contributed by atoms with E-state index in [1.54, 1.807) is 48.5 Å². The fourth-order valence-electron chi connectivity index (χ4n) is 2.82. The minimum absolute atomic E-state index is 0.0257. The van der Waals surface area contributed by atoms with Crippen molar-refractivity contribution in [3.05, 3.63) is 92.9 Å². The first-order valence-electron chi connectivity index (χ1n) is 9.81. The minimum Gasteiger partial charge on any atom is -0.490 e. The maximum absolute atomic E-state index is 12.5. The molecule has 0 aliphatic carbocycles. The quantitative estimate of drug-likeness (QED) is 0.272. The van der Waals surface area contributed by atoms with Gasteiger partial charge in [-0.2, -0.15) is 5.26 Å². The van der Waals surface area contributed by atoms with Gasteiger partial charge in [0.25, 0.3) is 5.91 Å². The van der Waals surface area contributed by atoms with Crippen LogP contribution in [-0.2, 0) is 11.4 Å². The number of ether oxygens (including phenoxy) is 2. The zero-order chi connectivity index (χ0) is 22.9. The van der Waals surface area contributed by atoms with Crippen LogP contribution in [0.2, 0.25) is 5.02 Å². The molecule has 3 aromatic rings. The van der Waals surface area contributed by atoms with Gasteiger partial charge in [-0.1, -0.05) is 51.8 Å². The van der Waals surface area contributed by atoms with Crippen molar-refractivity contribution in [2.45, 2.75) is 13.5 Å². The van der Waals surface area contributed by atoms with E-state index in [9.17, 15) is 10.1 Å². The molecule has 0 fully saturated rings. The number of hydrogen-bond acceptors (Lipinski definition) is 4. The van der Waals surface area contributed by atoms with E-state index < -0.39 is 5.91 Å². The number of nitrogens with zero attached hydrogens (tertiary/aromatic N) is 1. The molecule has 0 heterocycles. The van der Waals surface area contributed by atoms with E-state index in [1.165, 1.54) is 6.08 Å². The van der Waals surface area contributed by atoms with Crippen molar-refractivity contribution in [1.29, 1.82) is 5.26 Å². The Balaban J connectivity index is 1.77. The molecule has 0 aromatic heterocycles. The van der Waals surface area contributed by atoms with E-state index in [2.05, 4.69) is 21.2 Å². The summed E-state index contributed by atoms with van der Waals surface area (Å²) in [7, 11) is 0. The average Bonchev–Trinajstić information content (AvgIpc) is 2.78. The number of nitrogens with one attached hydrogen (secondary N) is 1. The Bertz CT molecular complexity index is 1170. The lowest BCUT2D eigenvalue weighted by Gasteiger charge is -2.13. The highest BCUT2D eigenvalue weighted by Gasteiger charge is 2.12. The zero-order valence-corrected chi connectivity index (χ0v) is 19.6. The Hall–Kier alpha value is -3.27. The number of rotatable bonds is 8. The number of carbonyl (C=O) groups excluding carboxylic acids is 1. The molecular formula is C25H20BrClN2O3. The second kappa shape index (κ2) is 11.4. The first-order valence-corrected chi connectivity index (χ1v) is 11.0. The van der Waals surface area contributed by atoms with Gasteiger partial charge in [0, 0.05) is 15.2 Å². The van der Waals surface area contributed by atoms with Gasteiger partial charge in [-0.3, -0.25) is 4.79 Å². The van der Waals surface area contributed by atoms with Gasteiger partial charge in [-0.05, 0) is 66.6 Å². The first-order chi connectivity index (χ1) is 15.5. The van der Waals surface area contributed by atoms with Crippen molar-refractivity contribution < 1.29 is 14.3 Å². The summed E-state index contributed by atoms with van der Waals surface area (Å²) >= 11 is 9.28. The molecule has 0 aliphatic rings. The highest BCUT2D eigenvalue weighted by atomic mass is 79.9. The number of carbonyl (C=O) groups is 1. The summed E-state index contributed by atoms with van der Waals surface area (Å²) in [6, 6.07) is 21.8. The van der Waals surface area contributed by atoms with E-state index in [0.717, 1.165) is 10.0 Å². The molecule has 3 rings (SSSR count). The molecule has 0 radical (unpaired) electrons. The van der Waals surface area contributed by atoms with Crippen molar-refractivity contribution in [3.63, 3.8) is 0 Å². The molecule has 0 bridgehead atoms. The monoisotopic (exact) mass is 510 g/mol. The lowest BCUT2D eigenvalue weighted by atomic mass is 10.1. The summed E-state index contributed by atoms with van der Waals surface area (Å²) in [4.78, 5) is 12.5. The van der Waals surface area contributed by atoms with Crippen LogP contribution in [0.3, 0.4) is 0 Å². The second-order valence-electron chi connectivity index (χ2n) is 6.69. The smallest absolute Gasteiger partial charge is 0.266 e. The molecule has 7 heteroatoms. The molecule has 0 unspecified atom stereocenters. The van der Waals surface area contributed by atoms with Gasteiger partial charge >= 0.3 is 0 Å². The van der Waals surface area contributed by atoms with Gasteiger partial charge in [0.05, 0.1) is 6.61 Å². The molecule has 0 saturated carbocycles. The van der Waals surface area contributed by atoms with Crippen LogP contribution < -0.4 is 14.8 Å². The van der Waals surface area contributed by atoms with Crippen molar-refractivity contribution in [1.82, 2.24) is 0 Å². The van der Waals surface area contributed by atoms with Crippen LogP contribution in [0.25, 0.3) is 6.08 Å². The third-order valence-corrected chi connectivity index (χ3v) is 5.08. The van der Waals surface area contributed by atoms with Crippen LogP contribution in [0.15, 0.2) is 76.8 Å². The molecule has 1 N–H and O–H groups in total. The van der Waals surface area contributed by atoms with Crippen molar-refractivity contribution in [2.24, 2.45) is 0 Å². The molecule has 162 valence electrons. The Labute approximate surface area is 200 Å². The molecule has 3 aromatic carbocycles. The summed E-state index contributed by atoms with van der Waals surface area (Å²) < 4.78 is 12.4. The number of nitriles is 1. The van der Waals surface area contributed by atoms with Crippen molar-refractivity contribution in [2.75, 3.05) is 11.9 Å². The maximum Gasteiger partial charge on any atom is 0.266 e. The fraction of sp³-hybridized carbons (Fsp3) is 0.120. The molecule has 0 aliphatic heterocycles. The molecule has 5 nitrogen and oxygen atoms in total. The van der Waals surface area contributed by atoms with Crippen LogP contribution in [0.4, 0.5) is 5.69 Å². The van der Waals surface area contributed by atoms with Gasteiger partial charge in [-0.25, -0.2) is 0 Å². The number of benzene rings is 3. The normalized spacial score (nSPS) is 10.9. The Morgan fingerprint density at radius 2 is 1.88 bits per heavy atom. The lowest BCUT2D eigenvalue weighted by Crippen LogP contribution is -2.13. The third-order valence-electron chi connectivity index (χ3n) is 4.33. The van der Waals surface area contributed by atoms with Crippen molar-refractivity contribution >= 4 is 45.2 Å². The standard InChI is InChI=1S/C25H20BrClN2O3/c1-2-31-24-13-18(8-11-23(24)32-16-17-6-9-21(27)10-7-17)12-19(15-28)25(30)29-22-5-3-4-20(26)14-22/h3-14H,2,16H2,1H3,(H,29,30)/b19-12-. The number of hydrogen-bond donors (Lipinski definition) is 1. The maximum atomic E-state index is 12.5. The Morgan fingerprint density at radius 1 is 1.09 bits per heavy atom. The van der Waals surface area contributed by atoms with Crippen molar-refractivity contribution in [3.8, 4) is 17.6 Å². The molecule has 0 spiro atoms. The van der Waals surface area contributed by atoms with E-state index in [-0.39, 0.29) is 5.57 Å². The topological polar surface area (TPSA) is 71.3 Å². The highest BCUT2D eigenvalue weighted by molar-refractivity contribution is 9.10. The molecular weight excluding hydrogens is 492 g/mol. The minimum atomic E-state index is -0.494. The van der Waals surface area contributed by atoms with Gasteiger partial charge in [0.2, 0.25) is 0 Å². The summed E-state index contributed by atoms with van der Waals surface area (Å²) in [6.07, 6.45) is 1.51. The molecule has 0 saturated heterocycles. The van der Waals surface area contributed by atoms with Crippen LogP contribution in [-0.4, -0.2) is 12.5 Å². The summed E-state index contributed by atoms with van der Waals surface area (Å²) in [5.41, 5.74) is 2.18. The molecule has 32 heavy (non-hydrogen) atoms. The largest absolute Gasteiger partial charge is 0.490 e. The van der Waals surface area contributed by atoms with Crippen LogP contribution in [0.1, 0.15) is 18.1 Å². The number of anilines is 1. The van der Waals surface area contributed by atoms with E-state index in [4.69, 9.17) is 21.1 Å². The predicted octanol–water partition coefficient (Wildman–Crippen LogP) is 6.63. The number of amides is 1. The van der Waals surface area contributed by atoms with E-state index in [0.29, 0.717) is 41.0 Å². The molecule has 1 amide bonds. The third kappa shape index (κ3) is 6.61. The van der Waals surface area contributed by atoms with E-state index >= 15 is 0 Å². The summed E-state index contributed by atoms with van der Waals surface area (Å²) in [5, 5.41) is 12.9. The van der Waals surface area contributed by atoms with Gasteiger partial charge in [0.1, 0.15) is 18.2 Å². The molecule has 0 atom stereocenters. The highest BCUT2D eigenvalue weighted by Crippen LogP contribution is 2.30. The number of halogens is 2. The SMILES string of the molecule is CCOc1cc(/C=C(/C#N)C(=O)Nc2cccc(Br)c2)ccc1OCc1ccc(Cl)cc1. The van der Waals surface area contributed by atoms with Gasteiger partial charge < -0.3 is 14.8 Å². The van der Waals surface area contributed by atoms with Crippen LogP contribution in [0, 0.1) is 11.3 Å². The average molecular weight is 512 g/mol. The zero-order valence-electron chi connectivity index (χ0n) is 17.3. The van der Waals surface area contributed by atoms with Gasteiger partial charge in [0.15, 0.2) is 11.5 Å². The summed E-state index contributed by atoms with van der Waals surface area (Å²) in [5.74, 6) is 0.600. The van der Waals surface area contributed by atoms with Crippen LogP contribution >= 0.6 is 27.5 Å². The van der Waals surface area contributed by atoms with Crippen LogP contribution in [0.5, 0.6) is 11.5 Å². The second-order valence-corrected chi connectivity index (χ2v) is 8.04. The lowest BCUT2D eigenvalue weighted by molar-refractivity contribution is -0.112.